The fourth-order valence-corrected chi connectivity index (χ4v) is 7.52. The molecule has 1 unspecified atom stereocenters. The molecule has 1 atom stereocenters. The zero-order chi connectivity index (χ0) is 25.3. The van der Waals surface area contributed by atoms with E-state index >= 15 is 0 Å². The fourth-order valence-electron chi connectivity index (χ4n) is 3.35. The average molecular weight is 637 g/mol. The molecule has 0 aliphatic heterocycles. The SMILES string of the molecule is Cc1ccc(S(=Nc2cc(Cl)c(Sc3ccc(Cl)cc3Cl)cc2Cl)c2ccc(N)cc2Cl)c(C)c1.Cl. The molecule has 0 aliphatic rings. The van der Waals surface area contributed by atoms with Crippen LogP contribution in [0.2, 0.25) is 25.1 Å². The van der Waals surface area contributed by atoms with Gasteiger partial charge in [0, 0.05) is 30.3 Å². The van der Waals surface area contributed by atoms with Crippen molar-refractivity contribution < 1.29 is 0 Å². The molecule has 0 saturated heterocycles. The summed E-state index contributed by atoms with van der Waals surface area (Å²) in [4.78, 5) is 3.48. The van der Waals surface area contributed by atoms with E-state index in [4.69, 9.17) is 68.1 Å². The number of anilines is 1. The van der Waals surface area contributed by atoms with Crippen LogP contribution in [-0.2, 0) is 10.7 Å². The summed E-state index contributed by atoms with van der Waals surface area (Å²) in [5.74, 6) is 0. The molecule has 36 heavy (non-hydrogen) atoms. The maximum absolute atomic E-state index is 6.71. The molecule has 4 aromatic rings. The monoisotopic (exact) mass is 634 g/mol. The van der Waals surface area contributed by atoms with E-state index in [1.54, 1.807) is 30.3 Å². The lowest BCUT2D eigenvalue weighted by Gasteiger charge is -2.15. The molecule has 0 bridgehead atoms. The molecule has 0 aliphatic carbocycles. The van der Waals surface area contributed by atoms with Crippen molar-refractivity contribution in [3.05, 3.63) is 103 Å². The molecule has 188 valence electrons. The second-order valence-corrected chi connectivity index (χ2v) is 12.5. The first kappa shape index (κ1) is 29.5. The Kier molecular flexibility index (Phi) is 10.4. The minimum absolute atomic E-state index is 0. The van der Waals surface area contributed by atoms with E-state index in [9.17, 15) is 0 Å². The van der Waals surface area contributed by atoms with Gasteiger partial charge in [0.2, 0.25) is 0 Å². The van der Waals surface area contributed by atoms with E-state index < -0.39 is 10.7 Å². The highest BCUT2D eigenvalue weighted by atomic mass is 35.5. The van der Waals surface area contributed by atoms with Gasteiger partial charge in [0.25, 0.3) is 0 Å². The van der Waals surface area contributed by atoms with Gasteiger partial charge >= 0.3 is 0 Å². The van der Waals surface area contributed by atoms with Crippen molar-refractivity contribution in [3.63, 3.8) is 0 Å². The molecule has 0 radical (unpaired) electrons. The van der Waals surface area contributed by atoms with Gasteiger partial charge in [-0.1, -0.05) is 87.5 Å². The normalized spacial score (nSPS) is 11.9. The number of rotatable bonds is 5. The van der Waals surface area contributed by atoms with Crippen molar-refractivity contribution in [2.75, 3.05) is 5.73 Å². The Balaban J connectivity index is 0.00000361. The number of aryl methyl sites for hydroxylation is 2. The molecular weight excluding hydrogens is 617 g/mol. The van der Waals surface area contributed by atoms with Crippen LogP contribution in [0.4, 0.5) is 11.4 Å². The number of nitrogen functional groups attached to an aromatic ring is 1. The Morgan fingerprint density at radius 3 is 2.06 bits per heavy atom. The highest BCUT2D eigenvalue weighted by molar-refractivity contribution is 7.99. The molecule has 10 heteroatoms. The fraction of sp³-hybridized carbons (Fsp3) is 0.0769. The van der Waals surface area contributed by atoms with Crippen LogP contribution in [0, 0.1) is 13.8 Å². The topological polar surface area (TPSA) is 38.4 Å². The van der Waals surface area contributed by atoms with Crippen LogP contribution in [0.5, 0.6) is 0 Å². The Morgan fingerprint density at radius 1 is 0.694 bits per heavy atom. The molecule has 2 N–H and O–H groups in total. The van der Waals surface area contributed by atoms with Crippen LogP contribution in [0.15, 0.2) is 90.7 Å². The first-order chi connectivity index (χ1) is 16.6. The first-order valence-corrected chi connectivity index (χ1v) is 14.2. The van der Waals surface area contributed by atoms with E-state index in [0.717, 1.165) is 25.1 Å². The van der Waals surface area contributed by atoms with Gasteiger partial charge in [-0.05, 0) is 84.7 Å². The third kappa shape index (κ3) is 6.86. The number of nitrogens with two attached hydrogens (primary N) is 1. The van der Waals surface area contributed by atoms with Crippen molar-refractivity contribution in [1.29, 1.82) is 0 Å². The molecule has 0 heterocycles. The quantitative estimate of drug-likeness (QED) is 0.221. The summed E-state index contributed by atoms with van der Waals surface area (Å²) < 4.78 is 5.05. The lowest BCUT2D eigenvalue weighted by atomic mass is 10.2. The Labute approximate surface area is 248 Å². The number of halogens is 6. The van der Waals surface area contributed by atoms with Crippen LogP contribution in [0.3, 0.4) is 0 Å². The number of hydrogen-bond donors (Lipinski definition) is 1. The van der Waals surface area contributed by atoms with Crippen LogP contribution in [0.1, 0.15) is 11.1 Å². The molecule has 0 spiro atoms. The molecular formula is C26H20Cl6N2S2. The van der Waals surface area contributed by atoms with Crippen molar-refractivity contribution in [3.8, 4) is 0 Å². The maximum atomic E-state index is 6.71. The largest absolute Gasteiger partial charge is 0.399 e. The van der Waals surface area contributed by atoms with Gasteiger partial charge < -0.3 is 5.73 Å². The third-order valence-electron chi connectivity index (χ3n) is 5.01. The Hall–Kier alpha value is -1.08. The Morgan fingerprint density at radius 2 is 1.39 bits per heavy atom. The first-order valence-electron chi connectivity index (χ1n) is 10.3. The molecule has 0 aromatic heterocycles. The molecule has 0 saturated carbocycles. The molecule has 4 rings (SSSR count). The van der Waals surface area contributed by atoms with Gasteiger partial charge in [0.05, 0.1) is 25.8 Å². The minimum atomic E-state index is -0.759. The van der Waals surface area contributed by atoms with E-state index in [0.29, 0.717) is 36.5 Å². The summed E-state index contributed by atoms with van der Waals surface area (Å²) in [6.45, 7) is 4.12. The van der Waals surface area contributed by atoms with E-state index in [-0.39, 0.29) is 12.4 Å². The Bertz CT molecular complexity index is 1420. The predicted octanol–water partition coefficient (Wildman–Crippen LogP) is 11.3. The molecule has 0 amide bonds. The molecule has 0 fully saturated rings. The summed E-state index contributed by atoms with van der Waals surface area (Å²) in [5.41, 5.74) is 9.38. The van der Waals surface area contributed by atoms with Gasteiger partial charge in [-0.15, -0.1) is 12.4 Å². The van der Waals surface area contributed by atoms with Gasteiger partial charge in [-0.3, -0.25) is 0 Å². The number of hydrogen-bond acceptors (Lipinski definition) is 3. The van der Waals surface area contributed by atoms with Gasteiger partial charge in [0.15, 0.2) is 0 Å². The number of benzene rings is 4. The maximum Gasteiger partial charge on any atom is 0.0912 e. The van der Waals surface area contributed by atoms with Crippen LogP contribution < -0.4 is 5.73 Å². The van der Waals surface area contributed by atoms with Crippen LogP contribution in [-0.4, -0.2) is 0 Å². The summed E-state index contributed by atoms with van der Waals surface area (Å²) >= 11 is 33.8. The lowest BCUT2D eigenvalue weighted by molar-refractivity contribution is 1.24. The summed E-state index contributed by atoms with van der Waals surface area (Å²) in [6.07, 6.45) is 0. The highest BCUT2D eigenvalue weighted by Crippen LogP contribution is 2.43. The predicted molar refractivity (Wildman–Crippen MR) is 162 cm³/mol. The zero-order valence-corrected chi connectivity index (χ0v) is 25.2. The minimum Gasteiger partial charge on any atom is -0.399 e. The molecule has 2 nitrogen and oxygen atoms in total. The van der Waals surface area contributed by atoms with E-state index in [1.165, 1.54) is 17.3 Å². The van der Waals surface area contributed by atoms with E-state index in [2.05, 4.69) is 32.0 Å². The van der Waals surface area contributed by atoms with Gasteiger partial charge in [0.1, 0.15) is 0 Å². The molecule has 4 aromatic carbocycles. The summed E-state index contributed by atoms with van der Waals surface area (Å²) in [7, 11) is -0.759. The van der Waals surface area contributed by atoms with Gasteiger partial charge in [-0.25, -0.2) is 4.36 Å². The van der Waals surface area contributed by atoms with Crippen molar-refractivity contribution in [2.45, 2.75) is 33.4 Å². The summed E-state index contributed by atoms with van der Waals surface area (Å²) in [6, 6.07) is 20.6. The van der Waals surface area contributed by atoms with Crippen LogP contribution in [0.25, 0.3) is 0 Å². The van der Waals surface area contributed by atoms with Crippen molar-refractivity contribution >= 4 is 104 Å². The number of nitrogens with zero attached hydrogens (tertiary/aromatic N) is 1. The smallest absolute Gasteiger partial charge is 0.0912 e. The van der Waals surface area contributed by atoms with Crippen molar-refractivity contribution in [2.24, 2.45) is 4.36 Å². The summed E-state index contributed by atoms with van der Waals surface area (Å²) in [5, 5.41) is 2.63. The standard InChI is InChI=1S/C26H19Cl5N2S2.ClH/c1-14-3-7-25(15(2)9-14)35(26-8-5-17(32)11-21(26)31)33-22-12-20(30)24(13-18(22)28)34-23-6-4-16(27)10-19(23)29;/h3-13H,32H2,1-2H3;1H. The van der Waals surface area contributed by atoms with Gasteiger partial charge in [-0.2, -0.15) is 0 Å². The van der Waals surface area contributed by atoms with E-state index in [1.807, 2.05) is 18.2 Å². The average Bonchev–Trinajstić information content (AvgIpc) is 2.78. The second kappa shape index (κ2) is 12.6. The highest BCUT2D eigenvalue weighted by Gasteiger charge is 2.16. The lowest BCUT2D eigenvalue weighted by Crippen LogP contribution is -1.98. The van der Waals surface area contributed by atoms with Crippen LogP contribution >= 0.6 is 82.2 Å². The zero-order valence-electron chi connectivity index (χ0n) is 19.0. The third-order valence-corrected chi connectivity index (χ3v) is 9.98. The second-order valence-electron chi connectivity index (χ2n) is 7.75. The van der Waals surface area contributed by atoms with Crippen molar-refractivity contribution in [1.82, 2.24) is 0 Å².